The molecule has 2 aliphatic rings. The summed E-state index contributed by atoms with van der Waals surface area (Å²) < 4.78 is 0. The highest BCUT2D eigenvalue weighted by atomic mass is 16.3. The van der Waals surface area contributed by atoms with Gasteiger partial charge < -0.3 is 14.9 Å². The fourth-order valence-electron chi connectivity index (χ4n) is 3.41. The lowest BCUT2D eigenvalue weighted by Crippen LogP contribution is -2.57. The lowest BCUT2D eigenvalue weighted by molar-refractivity contribution is -0.139. The van der Waals surface area contributed by atoms with Gasteiger partial charge in [0, 0.05) is 58.9 Å². The van der Waals surface area contributed by atoms with E-state index in [1.54, 1.807) is 0 Å². The molecule has 128 valence electrons. The zero-order valence-corrected chi connectivity index (χ0v) is 14.4. The summed E-state index contributed by atoms with van der Waals surface area (Å²) in [5.41, 5.74) is 0. The van der Waals surface area contributed by atoms with Crippen LogP contribution in [0.15, 0.2) is 0 Å². The van der Waals surface area contributed by atoms with Crippen molar-refractivity contribution in [3.8, 4) is 0 Å². The summed E-state index contributed by atoms with van der Waals surface area (Å²) in [6.45, 7) is 15.3. The first-order chi connectivity index (χ1) is 10.5. The maximum absolute atomic E-state index is 12.7. The summed E-state index contributed by atoms with van der Waals surface area (Å²) in [6, 6.07) is -0.0260. The lowest BCUT2D eigenvalue weighted by atomic mass is 10.1. The van der Waals surface area contributed by atoms with Crippen LogP contribution < -0.4 is 0 Å². The topological polar surface area (TPSA) is 50.3 Å². The highest BCUT2D eigenvalue weighted by molar-refractivity contribution is 5.81. The molecule has 1 N–H and O–H groups in total. The number of rotatable bonds is 5. The van der Waals surface area contributed by atoms with Crippen molar-refractivity contribution in [2.45, 2.75) is 32.9 Å². The fourth-order valence-corrected chi connectivity index (χ4v) is 3.41. The van der Waals surface area contributed by atoms with Crippen molar-refractivity contribution < 1.29 is 9.90 Å². The van der Waals surface area contributed by atoms with Crippen molar-refractivity contribution in [2.75, 3.05) is 65.4 Å². The summed E-state index contributed by atoms with van der Waals surface area (Å²) in [5, 5.41) is 9.46. The number of β-amino-alcohol motifs (C(OH)–C–C–N with tert-alkyl or cyclic N) is 1. The molecule has 2 unspecified atom stereocenters. The largest absolute Gasteiger partial charge is 0.392 e. The average molecular weight is 312 g/mol. The molecule has 0 aromatic carbocycles. The average Bonchev–Trinajstić information content (AvgIpc) is 2.54. The van der Waals surface area contributed by atoms with Gasteiger partial charge in [0.2, 0.25) is 5.91 Å². The molecule has 0 aliphatic carbocycles. The minimum absolute atomic E-state index is 0.0260. The van der Waals surface area contributed by atoms with E-state index in [1.807, 2.05) is 18.7 Å². The molecule has 2 fully saturated rings. The van der Waals surface area contributed by atoms with Gasteiger partial charge in [-0.25, -0.2) is 0 Å². The van der Waals surface area contributed by atoms with Crippen molar-refractivity contribution in [3.63, 3.8) is 0 Å². The highest BCUT2D eigenvalue weighted by Crippen LogP contribution is 2.11. The number of nitrogens with zero attached hydrogens (tertiary/aromatic N) is 4. The van der Waals surface area contributed by atoms with Gasteiger partial charge in [0.1, 0.15) is 0 Å². The number of aliphatic hydroxyl groups excluding tert-OH is 1. The molecule has 2 aliphatic heterocycles. The predicted molar refractivity (Wildman–Crippen MR) is 87.8 cm³/mol. The summed E-state index contributed by atoms with van der Waals surface area (Å²) in [7, 11) is 0. The molecule has 0 saturated carbocycles. The van der Waals surface area contributed by atoms with Gasteiger partial charge in [0.25, 0.3) is 0 Å². The Labute approximate surface area is 134 Å². The highest BCUT2D eigenvalue weighted by Gasteiger charge is 2.30. The number of likely N-dealkylation sites (N-methyl/N-ethyl adjacent to an activating group) is 1. The van der Waals surface area contributed by atoms with Gasteiger partial charge in [0.05, 0.1) is 12.1 Å². The molecule has 0 bridgehead atoms. The third-order valence-electron chi connectivity index (χ3n) is 4.97. The van der Waals surface area contributed by atoms with E-state index in [2.05, 4.69) is 21.6 Å². The van der Waals surface area contributed by atoms with Crippen LogP contribution in [0.3, 0.4) is 0 Å². The number of piperazine rings is 2. The molecule has 2 heterocycles. The first-order valence-electron chi connectivity index (χ1n) is 8.67. The van der Waals surface area contributed by atoms with E-state index in [-0.39, 0.29) is 18.1 Å². The monoisotopic (exact) mass is 312 g/mol. The quantitative estimate of drug-likeness (QED) is 0.744. The van der Waals surface area contributed by atoms with Gasteiger partial charge in [-0.05, 0) is 20.4 Å². The second-order valence-electron chi connectivity index (χ2n) is 6.62. The van der Waals surface area contributed by atoms with Gasteiger partial charge in [-0.3, -0.25) is 14.6 Å². The number of hydrogen-bond acceptors (Lipinski definition) is 5. The SMILES string of the molecule is CCN1CCN(C(=O)C(C)N2CCN(CC(C)O)CC2)CC1. The minimum atomic E-state index is -0.277. The molecule has 0 radical (unpaired) electrons. The summed E-state index contributed by atoms with van der Waals surface area (Å²) in [5.74, 6) is 0.278. The Morgan fingerprint density at radius 1 is 0.955 bits per heavy atom. The number of hydrogen-bond donors (Lipinski definition) is 1. The van der Waals surface area contributed by atoms with E-state index >= 15 is 0 Å². The molecule has 6 heteroatoms. The zero-order valence-electron chi connectivity index (χ0n) is 14.4. The van der Waals surface area contributed by atoms with Crippen LogP contribution in [0.4, 0.5) is 0 Å². The van der Waals surface area contributed by atoms with E-state index in [0.717, 1.165) is 65.4 Å². The molecule has 2 rings (SSSR count). The van der Waals surface area contributed by atoms with E-state index in [1.165, 1.54) is 0 Å². The first-order valence-corrected chi connectivity index (χ1v) is 8.67. The number of carbonyl (C=O) groups is 1. The molecule has 0 aromatic rings. The van der Waals surface area contributed by atoms with Crippen molar-refractivity contribution in [1.29, 1.82) is 0 Å². The Morgan fingerprint density at radius 3 is 2.00 bits per heavy atom. The maximum Gasteiger partial charge on any atom is 0.239 e. The second kappa shape index (κ2) is 8.24. The Kier molecular flexibility index (Phi) is 6.62. The van der Waals surface area contributed by atoms with Gasteiger partial charge >= 0.3 is 0 Å². The zero-order chi connectivity index (χ0) is 16.1. The molecular formula is C16H32N4O2. The van der Waals surface area contributed by atoms with Gasteiger partial charge in [-0.2, -0.15) is 0 Å². The van der Waals surface area contributed by atoms with Crippen LogP contribution in [0.2, 0.25) is 0 Å². The standard InChI is InChI=1S/C16H32N4O2/c1-4-17-5-11-20(12-6-17)16(22)15(3)19-9-7-18(8-10-19)13-14(2)21/h14-15,21H,4-13H2,1-3H3. The van der Waals surface area contributed by atoms with Crippen LogP contribution in [0.1, 0.15) is 20.8 Å². The van der Waals surface area contributed by atoms with Crippen molar-refractivity contribution >= 4 is 5.91 Å². The van der Waals surface area contributed by atoms with Crippen molar-refractivity contribution in [1.82, 2.24) is 19.6 Å². The molecule has 6 nitrogen and oxygen atoms in total. The Balaban J connectivity index is 1.77. The van der Waals surface area contributed by atoms with Gasteiger partial charge in [-0.15, -0.1) is 0 Å². The molecular weight excluding hydrogens is 280 g/mol. The molecule has 0 spiro atoms. The maximum atomic E-state index is 12.7. The van der Waals surface area contributed by atoms with Crippen molar-refractivity contribution in [2.24, 2.45) is 0 Å². The van der Waals surface area contributed by atoms with Crippen LogP contribution >= 0.6 is 0 Å². The normalized spacial score (nSPS) is 25.2. The van der Waals surface area contributed by atoms with Gasteiger partial charge in [-0.1, -0.05) is 6.92 Å². The Morgan fingerprint density at radius 2 is 1.50 bits per heavy atom. The molecule has 2 atom stereocenters. The molecule has 0 aromatic heterocycles. The molecule has 22 heavy (non-hydrogen) atoms. The number of amides is 1. The third kappa shape index (κ3) is 4.65. The molecule has 1 amide bonds. The summed E-state index contributed by atoms with van der Waals surface area (Å²) in [4.78, 5) is 21.6. The van der Waals surface area contributed by atoms with Crippen LogP contribution in [0.5, 0.6) is 0 Å². The van der Waals surface area contributed by atoms with Crippen LogP contribution in [-0.2, 0) is 4.79 Å². The third-order valence-corrected chi connectivity index (χ3v) is 4.97. The van der Waals surface area contributed by atoms with Crippen LogP contribution in [0.25, 0.3) is 0 Å². The van der Waals surface area contributed by atoms with E-state index in [4.69, 9.17) is 0 Å². The number of aliphatic hydroxyl groups is 1. The van der Waals surface area contributed by atoms with E-state index < -0.39 is 0 Å². The predicted octanol–water partition coefficient (Wildman–Crippen LogP) is -0.463. The summed E-state index contributed by atoms with van der Waals surface area (Å²) in [6.07, 6.45) is -0.277. The van der Waals surface area contributed by atoms with Crippen molar-refractivity contribution in [3.05, 3.63) is 0 Å². The minimum Gasteiger partial charge on any atom is -0.392 e. The molecule has 2 saturated heterocycles. The first kappa shape index (κ1) is 17.7. The Hall–Kier alpha value is -0.690. The lowest BCUT2D eigenvalue weighted by Gasteiger charge is -2.41. The van der Waals surface area contributed by atoms with E-state index in [0.29, 0.717) is 0 Å². The summed E-state index contributed by atoms with van der Waals surface area (Å²) >= 11 is 0. The van der Waals surface area contributed by atoms with Gasteiger partial charge in [0.15, 0.2) is 0 Å². The second-order valence-corrected chi connectivity index (χ2v) is 6.62. The fraction of sp³-hybridized carbons (Fsp3) is 0.938. The van der Waals surface area contributed by atoms with Crippen LogP contribution in [-0.4, -0.2) is 108 Å². The van der Waals surface area contributed by atoms with Crippen LogP contribution in [0, 0.1) is 0 Å². The smallest absolute Gasteiger partial charge is 0.239 e. The number of carbonyl (C=O) groups excluding carboxylic acids is 1. The Bertz CT molecular complexity index is 348. The van der Waals surface area contributed by atoms with E-state index in [9.17, 15) is 9.90 Å².